The molecule has 2 rings (SSSR count). The smallest absolute Gasteiger partial charge is 0.241 e. The lowest BCUT2D eigenvalue weighted by molar-refractivity contribution is -0.121. The van der Waals surface area contributed by atoms with E-state index in [4.69, 9.17) is 5.11 Å². The number of benzene rings is 1. The van der Waals surface area contributed by atoms with Gasteiger partial charge in [0.1, 0.15) is 11.6 Å². The molecule has 0 aliphatic carbocycles. The monoisotopic (exact) mass is 298 g/mol. The molecule has 0 spiro atoms. The summed E-state index contributed by atoms with van der Waals surface area (Å²) in [5.74, 6) is -1.48. The first-order valence-corrected chi connectivity index (χ1v) is 7.12. The Morgan fingerprint density at radius 3 is 2.67 bits per heavy atom. The van der Waals surface area contributed by atoms with Crippen LogP contribution in [-0.2, 0) is 4.79 Å². The number of amides is 1. The average Bonchev–Trinajstić information content (AvgIpc) is 2.49. The van der Waals surface area contributed by atoms with Crippen LogP contribution in [-0.4, -0.2) is 41.7 Å². The minimum absolute atomic E-state index is 0.0153. The van der Waals surface area contributed by atoms with Gasteiger partial charge in [0.15, 0.2) is 0 Å². The molecule has 1 heterocycles. The van der Waals surface area contributed by atoms with Crippen molar-refractivity contribution in [2.45, 2.75) is 25.8 Å². The summed E-state index contributed by atoms with van der Waals surface area (Å²) < 4.78 is 26.3. The maximum Gasteiger partial charge on any atom is 0.241 e. The molecule has 1 aromatic rings. The normalized spacial score (nSPS) is 18.5. The molecule has 1 saturated heterocycles. The van der Waals surface area contributed by atoms with Crippen LogP contribution in [0.5, 0.6) is 0 Å². The van der Waals surface area contributed by atoms with Gasteiger partial charge in [-0.1, -0.05) is 0 Å². The van der Waals surface area contributed by atoms with E-state index in [1.54, 1.807) is 6.92 Å². The number of piperidine rings is 1. The molecule has 0 aromatic heterocycles. The van der Waals surface area contributed by atoms with E-state index in [0.717, 1.165) is 38.1 Å². The Bertz CT molecular complexity index is 502. The first-order valence-electron chi connectivity index (χ1n) is 7.12. The summed E-state index contributed by atoms with van der Waals surface area (Å²) in [6.45, 7) is 3.39. The highest BCUT2D eigenvalue weighted by atomic mass is 19.1. The molecule has 4 nitrogen and oxygen atoms in total. The number of likely N-dealkylation sites (tertiary alicyclic amines) is 1. The number of nitrogens with one attached hydrogen (secondary N) is 1. The van der Waals surface area contributed by atoms with Crippen LogP contribution in [0.1, 0.15) is 19.8 Å². The number of halogens is 2. The van der Waals surface area contributed by atoms with Gasteiger partial charge in [0.05, 0.1) is 11.7 Å². The fourth-order valence-corrected chi connectivity index (χ4v) is 2.52. The highest BCUT2D eigenvalue weighted by molar-refractivity contribution is 5.94. The zero-order valence-corrected chi connectivity index (χ0v) is 12.0. The molecule has 0 saturated carbocycles. The fourth-order valence-electron chi connectivity index (χ4n) is 2.52. The summed E-state index contributed by atoms with van der Waals surface area (Å²) in [6.07, 6.45) is 1.69. The third-order valence-electron chi connectivity index (χ3n) is 4.02. The number of carbonyl (C=O) groups excluding carboxylic acids is 1. The average molecular weight is 298 g/mol. The minimum Gasteiger partial charge on any atom is -0.396 e. The highest BCUT2D eigenvalue weighted by Gasteiger charge is 2.26. The number of hydrogen-bond acceptors (Lipinski definition) is 3. The second-order valence-electron chi connectivity index (χ2n) is 5.45. The van der Waals surface area contributed by atoms with Crippen LogP contribution in [0.4, 0.5) is 14.5 Å². The summed E-state index contributed by atoms with van der Waals surface area (Å²) in [6, 6.07) is 2.67. The number of carbonyl (C=O) groups is 1. The van der Waals surface area contributed by atoms with Crippen molar-refractivity contribution in [3.63, 3.8) is 0 Å². The van der Waals surface area contributed by atoms with E-state index in [0.29, 0.717) is 5.92 Å². The molecule has 1 atom stereocenters. The Kier molecular flexibility index (Phi) is 5.25. The van der Waals surface area contributed by atoms with Gasteiger partial charge in [-0.2, -0.15) is 0 Å². The standard InChI is InChI=1S/C15H20F2N2O2/c1-10(19-6-4-11(9-20)5-7-19)15(21)18-14-3-2-12(16)8-13(14)17/h2-3,8,10-11,20H,4-7,9H2,1H3,(H,18,21). The van der Waals surface area contributed by atoms with Gasteiger partial charge in [0.25, 0.3) is 0 Å². The zero-order chi connectivity index (χ0) is 15.4. The van der Waals surface area contributed by atoms with Crippen molar-refractivity contribution in [2.24, 2.45) is 5.92 Å². The van der Waals surface area contributed by atoms with Gasteiger partial charge in [0, 0.05) is 12.7 Å². The first kappa shape index (κ1) is 15.9. The summed E-state index contributed by atoms with van der Waals surface area (Å²) in [7, 11) is 0. The largest absolute Gasteiger partial charge is 0.396 e. The predicted molar refractivity (Wildman–Crippen MR) is 75.8 cm³/mol. The van der Waals surface area contributed by atoms with Crippen LogP contribution in [0.25, 0.3) is 0 Å². The number of aliphatic hydroxyl groups is 1. The zero-order valence-electron chi connectivity index (χ0n) is 12.0. The van der Waals surface area contributed by atoms with Crippen molar-refractivity contribution < 1.29 is 18.7 Å². The van der Waals surface area contributed by atoms with Gasteiger partial charge in [-0.25, -0.2) is 8.78 Å². The summed E-state index contributed by atoms with van der Waals surface area (Å²) in [5, 5.41) is 11.6. The van der Waals surface area contributed by atoms with Gasteiger partial charge >= 0.3 is 0 Å². The molecule has 116 valence electrons. The van der Waals surface area contributed by atoms with Crippen LogP contribution in [0.3, 0.4) is 0 Å². The minimum atomic E-state index is -0.783. The Hall–Kier alpha value is -1.53. The van der Waals surface area contributed by atoms with Crippen LogP contribution >= 0.6 is 0 Å². The molecule has 0 radical (unpaired) electrons. The van der Waals surface area contributed by atoms with E-state index in [-0.39, 0.29) is 18.2 Å². The summed E-state index contributed by atoms with van der Waals surface area (Å²) in [4.78, 5) is 14.1. The Morgan fingerprint density at radius 1 is 1.43 bits per heavy atom. The van der Waals surface area contributed by atoms with Crippen LogP contribution in [0.15, 0.2) is 18.2 Å². The van der Waals surface area contributed by atoms with E-state index in [2.05, 4.69) is 5.32 Å². The van der Waals surface area contributed by atoms with Crippen LogP contribution in [0, 0.1) is 17.6 Å². The first-order chi connectivity index (χ1) is 10.0. The van der Waals surface area contributed by atoms with E-state index >= 15 is 0 Å². The molecule has 1 unspecified atom stereocenters. The van der Waals surface area contributed by atoms with Crippen molar-refractivity contribution >= 4 is 11.6 Å². The molecule has 1 aliphatic heterocycles. The molecule has 0 bridgehead atoms. The Morgan fingerprint density at radius 2 is 2.10 bits per heavy atom. The molecule has 1 aliphatic rings. The maximum atomic E-state index is 13.5. The second kappa shape index (κ2) is 6.95. The molecule has 2 N–H and O–H groups in total. The molecule has 21 heavy (non-hydrogen) atoms. The SMILES string of the molecule is CC(C(=O)Nc1ccc(F)cc1F)N1CCC(CO)CC1. The molecular weight excluding hydrogens is 278 g/mol. The lowest BCUT2D eigenvalue weighted by Crippen LogP contribution is -2.46. The van der Waals surface area contributed by atoms with Gasteiger partial charge in [-0.05, 0) is 50.9 Å². The number of aliphatic hydroxyl groups excluding tert-OH is 1. The van der Waals surface area contributed by atoms with Crippen molar-refractivity contribution in [1.82, 2.24) is 4.90 Å². The van der Waals surface area contributed by atoms with Gasteiger partial charge in [-0.15, -0.1) is 0 Å². The van der Waals surface area contributed by atoms with Crippen molar-refractivity contribution in [2.75, 3.05) is 25.0 Å². The van der Waals surface area contributed by atoms with Gasteiger partial charge < -0.3 is 10.4 Å². The van der Waals surface area contributed by atoms with Crippen molar-refractivity contribution in [3.05, 3.63) is 29.8 Å². The number of hydrogen-bond donors (Lipinski definition) is 2. The summed E-state index contributed by atoms with van der Waals surface area (Å²) >= 11 is 0. The topological polar surface area (TPSA) is 52.6 Å². The Labute approximate surface area is 122 Å². The van der Waals surface area contributed by atoms with Crippen molar-refractivity contribution in [1.29, 1.82) is 0 Å². The van der Waals surface area contributed by atoms with Crippen molar-refractivity contribution in [3.8, 4) is 0 Å². The fraction of sp³-hybridized carbons (Fsp3) is 0.533. The maximum absolute atomic E-state index is 13.5. The van der Waals surface area contributed by atoms with E-state index < -0.39 is 17.7 Å². The molecular formula is C15H20F2N2O2. The summed E-state index contributed by atoms with van der Waals surface area (Å²) in [5.41, 5.74) is -0.0153. The molecule has 1 amide bonds. The van der Waals surface area contributed by atoms with E-state index in [1.807, 2.05) is 4.90 Å². The van der Waals surface area contributed by atoms with Gasteiger partial charge in [-0.3, -0.25) is 9.69 Å². The molecule has 1 aromatic carbocycles. The highest BCUT2D eigenvalue weighted by Crippen LogP contribution is 2.20. The quantitative estimate of drug-likeness (QED) is 0.894. The second-order valence-corrected chi connectivity index (χ2v) is 5.45. The number of nitrogens with zero attached hydrogens (tertiary/aromatic N) is 1. The van der Waals surface area contributed by atoms with Gasteiger partial charge in [0.2, 0.25) is 5.91 Å². The lowest BCUT2D eigenvalue weighted by Gasteiger charge is -2.34. The third-order valence-corrected chi connectivity index (χ3v) is 4.02. The number of anilines is 1. The van der Waals surface area contributed by atoms with E-state index in [1.165, 1.54) is 6.07 Å². The Balaban J connectivity index is 1.93. The molecule has 6 heteroatoms. The predicted octanol–water partition coefficient (Wildman–Crippen LogP) is 2.00. The van der Waals surface area contributed by atoms with Crippen LogP contribution in [0.2, 0.25) is 0 Å². The lowest BCUT2D eigenvalue weighted by atomic mass is 9.97. The van der Waals surface area contributed by atoms with E-state index in [9.17, 15) is 13.6 Å². The molecule has 1 fully saturated rings. The third kappa shape index (κ3) is 3.98. The number of rotatable bonds is 4. The van der Waals surface area contributed by atoms with Crippen LogP contribution < -0.4 is 5.32 Å².